The van der Waals surface area contributed by atoms with Gasteiger partial charge in [0.2, 0.25) is 11.8 Å². The molecule has 20 heavy (non-hydrogen) atoms. The Kier molecular flexibility index (Phi) is 4.09. The van der Waals surface area contributed by atoms with Gasteiger partial charge >= 0.3 is 0 Å². The summed E-state index contributed by atoms with van der Waals surface area (Å²) in [5.74, 6) is -1.000. The lowest BCUT2D eigenvalue weighted by Crippen LogP contribution is -2.36. The van der Waals surface area contributed by atoms with E-state index in [0.29, 0.717) is 24.2 Å². The standard InChI is InChI=1S/C13H14N4O3/c14-12(19)9-3-1-8(2-4-9)7-15-13(20)10-5-6-11(18)17-16-10/h1-4H,5-7H2,(H2,14,19)(H,15,20)(H,17,18). The van der Waals surface area contributed by atoms with Crippen molar-refractivity contribution in [3.8, 4) is 0 Å². The number of nitrogens with one attached hydrogen (secondary N) is 2. The number of amides is 3. The van der Waals surface area contributed by atoms with Crippen LogP contribution in [0, 0.1) is 0 Å². The van der Waals surface area contributed by atoms with Crippen molar-refractivity contribution in [2.75, 3.05) is 0 Å². The molecule has 7 heteroatoms. The van der Waals surface area contributed by atoms with E-state index in [1.54, 1.807) is 24.3 Å². The van der Waals surface area contributed by atoms with Gasteiger partial charge in [-0.25, -0.2) is 5.43 Å². The fraction of sp³-hybridized carbons (Fsp3) is 0.231. The van der Waals surface area contributed by atoms with Crippen molar-refractivity contribution >= 4 is 23.4 Å². The number of hydrogen-bond acceptors (Lipinski definition) is 4. The molecule has 0 fully saturated rings. The Balaban J connectivity index is 1.90. The third-order valence-electron chi connectivity index (χ3n) is 2.86. The summed E-state index contributed by atoms with van der Waals surface area (Å²) in [6.07, 6.45) is 0.595. The van der Waals surface area contributed by atoms with Crippen molar-refractivity contribution < 1.29 is 14.4 Å². The average molecular weight is 274 g/mol. The van der Waals surface area contributed by atoms with Crippen LogP contribution in [0.2, 0.25) is 0 Å². The molecule has 0 unspecified atom stereocenters. The summed E-state index contributed by atoms with van der Waals surface area (Å²) in [7, 11) is 0. The van der Waals surface area contributed by atoms with Gasteiger partial charge in [-0.2, -0.15) is 5.10 Å². The van der Waals surface area contributed by atoms with Crippen molar-refractivity contribution in [3.05, 3.63) is 35.4 Å². The first kappa shape index (κ1) is 13.7. The monoisotopic (exact) mass is 274 g/mol. The third-order valence-corrected chi connectivity index (χ3v) is 2.86. The first-order chi connectivity index (χ1) is 9.56. The summed E-state index contributed by atoms with van der Waals surface area (Å²) < 4.78 is 0. The summed E-state index contributed by atoms with van der Waals surface area (Å²) in [5, 5.41) is 6.40. The second-order valence-electron chi connectivity index (χ2n) is 4.34. The van der Waals surface area contributed by atoms with Crippen LogP contribution in [0.4, 0.5) is 0 Å². The van der Waals surface area contributed by atoms with Gasteiger partial charge in [-0.1, -0.05) is 12.1 Å². The van der Waals surface area contributed by atoms with Gasteiger partial charge in [-0.3, -0.25) is 14.4 Å². The first-order valence-corrected chi connectivity index (χ1v) is 6.08. The van der Waals surface area contributed by atoms with E-state index >= 15 is 0 Å². The van der Waals surface area contributed by atoms with Crippen LogP contribution in [-0.2, 0) is 16.1 Å². The number of hydrogen-bond donors (Lipinski definition) is 3. The minimum Gasteiger partial charge on any atom is -0.366 e. The molecule has 104 valence electrons. The molecule has 1 aromatic rings. The smallest absolute Gasteiger partial charge is 0.267 e. The predicted molar refractivity (Wildman–Crippen MR) is 71.6 cm³/mol. The van der Waals surface area contributed by atoms with Gasteiger partial charge in [0, 0.05) is 24.9 Å². The molecule has 1 aliphatic heterocycles. The Morgan fingerprint density at radius 1 is 1.25 bits per heavy atom. The SMILES string of the molecule is NC(=O)c1ccc(CNC(=O)C2=NNC(=O)CC2)cc1. The van der Waals surface area contributed by atoms with E-state index in [2.05, 4.69) is 15.8 Å². The van der Waals surface area contributed by atoms with Gasteiger partial charge in [0.05, 0.1) is 0 Å². The van der Waals surface area contributed by atoms with E-state index < -0.39 is 5.91 Å². The lowest BCUT2D eigenvalue weighted by molar-refractivity contribution is -0.121. The van der Waals surface area contributed by atoms with Crippen molar-refractivity contribution in [1.82, 2.24) is 10.7 Å². The Morgan fingerprint density at radius 3 is 2.50 bits per heavy atom. The zero-order chi connectivity index (χ0) is 14.5. The Morgan fingerprint density at radius 2 is 1.95 bits per heavy atom. The Bertz CT molecular complexity index is 578. The molecule has 2 rings (SSSR count). The molecule has 0 radical (unpaired) electrons. The van der Waals surface area contributed by atoms with Crippen molar-refractivity contribution in [1.29, 1.82) is 0 Å². The Hall–Kier alpha value is -2.70. The van der Waals surface area contributed by atoms with Crippen LogP contribution in [-0.4, -0.2) is 23.4 Å². The van der Waals surface area contributed by atoms with E-state index in [0.717, 1.165) is 5.56 Å². The highest BCUT2D eigenvalue weighted by atomic mass is 16.2. The molecule has 0 spiro atoms. The van der Waals surface area contributed by atoms with Crippen LogP contribution < -0.4 is 16.5 Å². The first-order valence-electron chi connectivity index (χ1n) is 6.08. The number of benzene rings is 1. The maximum atomic E-state index is 11.8. The third kappa shape index (κ3) is 3.41. The number of hydrazone groups is 1. The maximum Gasteiger partial charge on any atom is 0.267 e. The topological polar surface area (TPSA) is 114 Å². The fourth-order valence-corrected chi connectivity index (χ4v) is 1.71. The highest BCUT2D eigenvalue weighted by molar-refractivity contribution is 6.39. The number of carbonyl (C=O) groups is 3. The quantitative estimate of drug-likeness (QED) is 0.698. The molecule has 0 saturated carbocycles. The summed E-state index contributed by atoms with van der Waals surface area (Å²) in [4.78, 5) is 33.6. The van der Waals surface area contributed by atoms with Crippen molar-refractivity contribution in [2.45, 2.75) is 19.4 Å². The van der Waals surface area contributed by atoms with Gasteiger partial charge in [0.15, 0.2) is 0 Å². The van der Waals surface area contributed by atoms with Gasteiger partial charge < -0.3 is 11.1 Å². The minimum absolute atomic E-state index is 0.191. The highest BCUT2D eigenvalue weighted by Gasteiger charge is 2.17. The van der Waals surface area contributed by atoms with Crippen LogP contribution in [0.5, 0.6) is 0 Å². The molecule has 0 aliphatic carbocycles. The predicted octanol–water partition coefficient (Wildman–Crippen LogP) is -0.332. The second kappa shape index (κ2) is 5.96. The van der Waals surface area contributed by atoms with Gasteiger partial charge in [-0.05, 0) is 17.7 Å². The van der Waals surface area contributed by atoms with Crippen LogP contribution in [0.25, 0.3) is 0 Å². The zero-order valence-electron chi connectivity index (χ0n) is 10.7. The van der Waals surface area contributed by atoms with Gasteiger partial charge in [0.25, 0.3) is 5.91 Å². The van der Waals surface area contributed by atoms with E-state index in [-0.39, 0.29) is 18.2 Å². The lowest BCUT2D eigenvalue weighted by atomic mass is 10.1. The van der Waals surface area contributed by atoms with Crippen molar-refractivity contribution in [2.24, 2.45) is 10.8 Å². The van der Waals surface area contributed by atoms with Crippen LogP contribution >= 0.6 is 0 Å². The molecule has 0 saturated heterocycles. The Labute approximate surface area is 115 Å². The van der Waals surface area contributed by atoms with Crippen molar-refractivity contribution in [3.63, 3.8) is 0 Å². The summed E-state index contributed by atoms with van der Waals surface area (Å²) in [6.45, 7) is 0.310. The molecule has 1 aliphatic rings. The minimum atomic E-state index is -0.493. The summed E-state index contributed by atoms with van der Waals surface area (Å²) >= 11 is 0. The molecule has 0 atom stereocenters. The van der Waals surface area contributed by atoms with E-state index in [1.165, 1.54) is 0 Å². The largest absolute Gasteiger partial charge is 0.366 e. The van der Waals surface area contributed by atoms with Crippen LogP contribution in [0.15, 0.2) is 29.4 Å². The molecule has 0 aromatic heterocycles. The molecule has 1 aromatic carbocycles. The number of rotatable bonds is 4. The van der Waals surface area contributed by atoms with Gasteiger partial charge in [0.1, 0.15) is 5.71 Å². The van der Waals surface area contributed by atoms with E-state index in [1.807, 2.05) is 0 Å². The molecule has 1 heterocycles. The van der Waals surface area contributed by atoms with E-state index in [9.17, 15) is 14.4 Å². The lowest BCUT2D eigenvalue weighted by Gasteiger charge is -2.12. The normalized spacial score (nSPS) is 14.2. The summed E-state index contributed by atoms with van der Waals surface area (Å²) in [6, 6.07) is 6.63. The molecule has 3 amide bonds. The molecular formula is C13H14N4O3. The number of primary amides is 1. The number of nitrogens with two attached hydrogens (primary N) is 1. The van der Waals surface area contributed by atoms with Gasteiger partial charge in [-0.15, -0.1) is 0 Å². The molecule has 7 nitrogen and oxygen atoms in total. The average Bonchev–Trinajstić information content (AvgIpc) is 2.46. The number of nitrogens with zero attached hydrogens (tertiary/aromatic N) is 1. The maximum absolute atomic E-state index is 11.8. The van der Waals surface area contributed by atoms with Crippen LogP contribution in [0.3, 0.4) is 0 Å². The molecule has 4 N–H and O–H groups in total. The number of carbonyl (C=O) groups excluding carboxylic acids is 3. The molecular weight excluding hydrogens is 260 g/mol. The second-order valence-corrected chi connectivity index (χ2v) is 4.34. The van der Waals surface area contributed by atoms with E-state index in [4.69, 9.17) is 5.73 Å². The fourth-order valence-electron chi connectivity index (χ4n) is 1.71. The summed E-state index contributed by atoms with van der Waals surface area (Å²) in [5.41, 5.74) is 8.96. The molecule has 0 bridgehead atoms. The zero-order valence-corrected chi connectivity index (χ0v) is 10.7. The van der Waals surface area contributed by atoms with Crippen LogP contribution in [0.1, 0.15) is 28.8 Å². The highest BCUT2D eigenvalue weighted by Crippen LogP contribution is 2.04.